The molecule has 1 aliphatic heterocycles. The molecule has 0 spiro atoms. The predicted molar refractivity (Wildman–Crippen MR) is 94.3 cm³/mol. The van der Waals surface area contributed by atoms with Crippen molar-refractivity contribution in [1.82, 2.24) is 20.1 Å². The number of nitrogens with zero attached hydrogens (tertiary/aromatic N) is 1. The number of rotatable bonds is 4. The molecular weight excluding hydrogens is 375 g/mol. The van der Waals surface area contributed by atoms with Crippen molar-refractivity contribution in [2.45, 2.75) is 17.7 Å². The molecule has 27 heavy (non-hydrogen) atoms. The minimum Gasteiger partial charge on any atom is -0.357 e. The highest BCUT2D eigenvalue weighted by molar-refractivity contribution is 7.89. The lowest BCUT2D eigenvalue weighted by Gasteiger charge is -2.31. The first-order chi connectivity index (χ1) is 12.9. The van der Waals surface area contributed by atoms with Crippen molar-refractivity contribution in [3.8, 4) is 0 Å². The van der Waals surface area contributed by atoms with Gasteiger partial charge in [0.1, 0.15) is 11.5 Å². The number of carbonyl (C=O) groups is 2. The summed E-state index contributed by atoms with van der Waals surface area (Å²) in [6, 6.07) is 7.76. The van der Waals surface area contributed by atoms with Gasteiger partial charge in [-0.3, -0.25) is 20.4 Å². The molecule has 3 N–H and O–H groups in total. The summed E-state index contributed by atoms with van der Waals surface area (Å²) in [6.07, 6.45) is 2.58. The number of aromatic nitrogens is 1. The maximum atomic E-state index is 13.0. The molecule has 1 fully saturated rings. The monoisotopic (exact) mass is 394 g/mol. The summed E-state index contributed by atoms with van der Waals surface area (Å²) in [7, 11) is -3.82. The third-order valence-corrected chi connectivity index (χ3v) is 6.23. The zero-order valence-electron chi connectivity index (χ0n) is 14.3. The van der Waals surface area contributed by atoms with E-state index in [0.29, 0.717) is 18.5 Å². The Balaban J connectivity index is 1.62. The molecule has 1 aliphatic rings. The summed E-state index contributed by atoms with van der Waals surface area (Å²) in [6.45, 7) is 0.266. The van der Waals surface area contributed by atoms with E-state index in [1.165, 1.54) is 16.4 Å². The normalized spacial score (nSPS) is 18.0. The quantitative estimate of drug-likeness (QED) is 0.672. The predicted octanol–water partition coefficient (Wildman–Crippen LogP) is 1.02. The Labute approximate surface area is 155 Å². The van der Waals surface area contributed by atoms with E-state index in [-0.39, 0.29) is 18.0 Å². The molecule has 0 unspecified atom stereocenters. The molecule has 0 saturated carbocycles. The van der Waals surface area contributed by atoms with Gasteiger partial charge in [-0.15, -0.1) is 0 Å². The van der Waals surface area contributed by atoms with E-state index in [2.05, 4.69) is 15.8 Å². The van der Waals surface area contributed by atoms with E-state index in [1.54, 1.807) is 18.3 Å². The van der Waals surface area contributed by atoms with Crippen LogP contribution in [0.2, 0.25) is 0 Å². The Bertz CT molecular complexity index is 913. The summed E-state index contributed by atoms with van der Waals surface area (Å²) in [5.41, 5.74) is 4.92. The van der Waals surface area contributed by atoms with Crippen molar-refractivity contribution in [3.05, 3.63) is 54.1 Å². The third-order valence-electron chi connectivity index (χ3n) is 4.35. The zero-order chi connectivity index (χ0) is 19.4. The van der Waals surface area contributed by atoms with Gasteiger partial charge in [0.25, 0.3) is 5.91 Å². The van der Waals surface area contributed by atoms with Gasteiger partial charge in [-0.25, -0.2) is 12.8 Å². The number of amides is 2. The number of aromatic amines is 1. The number of benzene rings is 1. The second-order valence-electron chi connectivity index (χ2n) is 6.18. The maximum Gasteiger partial charge on any atom is 0.286 e. The Morgan fingerprint density at radius 3 is 2.56 bits per heavy atom. The second-order valence-corrected chi connectivity index (χ2v) is 8.12. The number of halogens is 1. The van der Waals surface area contributed by atoms with Crippen molar-refractivity contribution in [1.29, 1.82) is 0 Å². The molecule has 2 aromatic rings. The fourth-order valence-electron chi connectivity index (χ4n) is 2.89. The van der Waals surface area contributed by atoms with Crippen LogP contribution in [0.5, 0.6) is 0 Å². The molecule has 1 atom stereocenters. The standard InChI is InChI=1S/C17H19FN4O4S/c18-13-5-7-14(8-6-13)27(25,26)22-10-2-3-12(11-22)16(23)20-21-17(24)15-4-1-9-19-15/h1,4-9,12,19H,2-3,10-11H2,(H,20,23)(H,21,24)/t12-/m0/s1. The molecule has 3 rings (SSSR count). The van der Waals surface area contributed by atoms with Crippen molar-refractivity contribution < 1.29 is 22.4 Å². The van der Waals surface area contributed by atoms with Crippen LogP contribution in [0.3, 0.4) is 0 Å². The number of hydrazine groups is 1. The van der Waals surface area contributed by atoms with Crippen LogP contribution in [0.25, 0.3) is 0 Å². The van der Waals surface area contributed by atoms with Crippen LogP contribution in [0.1, 0.15) is 23.3 Å². The third kappa shape index (κ3) is 4.34. The molecule has 0 bridgehead atoms. The van der Waals surface area contributed by atoms with Gasteiger partial charge < -0.3 is 4.98 Å². The summed E-state index contributed by atoms with van der Waals surface area (Å²) >= 11 is 0. The van der Waals surface area contributed by atoms with Gasteiger partial charge >= 0.3 is 0 Å². The first-order valence-corrected chi connectivity index (χ1v) is 9.81. The molecule has 0 radical (unpaired) electrons. The van der Waals surface area contributed by atoms with E-state index < -0.39 is 33.6 Å². The molecule has 144 valence electrons. The molecule has 0 aliphatic carbocycles. The lowest BCUT2D eigenvalue weighted by atomic mass is 9.99. The Hall–Kier alpha value is -2.72. The van der Waals surface area contributed by atoms with Gasteiger partial charge in [0.05, 0.1) is 10.8 Å². The number of hydrogen-bond donors (Lipinski definition) is 3. The molecule has 1 aromatic heterocycles. The average Bonchev–Trinajstić information content (AvgIpc) is 3.21. The summed E-state index contributed by atoms with van der Waals surface area (Å²) in [5, 5.41) is 0. The maximum absolute atomic E-state index is 13.0. The largest absolute Gasteiger partial charge is 0.357 e. The Morgan fingerprint density at radius 1 is 1.15 bits per heavy atom. The van der Waals surface area contributed by atoms with Gasteiger partial charge in [0.2, 0.25) is 15.9 Å². The average molecular weight is 394 g/mol. The first kappa shape index (κ1) is 19.1. The van der Waals surface area contributed by atoms with Gasteiger partial charge in [0.15, 0.2) is 0 Å². The highest BCUT2D eigenvalue weighted by Gasteiger charge is 2.33. The Morgan fingerprint density at radius 2 is 1.89 bits per heavy atom. The summed E-state index contributed by atoms with van der Waals surface area (Å²) in [4.78, 5) is 26.8. The van der Waals surface area contributed by atoms with Crippen LogP contribution >= 0.6 is 0 Å². The molecule has 8 nitrogen and oxygen atoms in total. The van der Waals surface area contributed by atoms with Gasteiger partial charge in [-0.05, 0) is 49.2 Å². The smallest absolute Gasteiger partial charge is 0.286 e. The molecule has 1 saturated heterocycles. The fraction of sp³-hybridized carbons (Fsp3) is 0.294. The number of carbonyl (C=O) groups excluding carboxylic acids is 2. The highest BCUT2D eigenvalue weighted by atomic mass is 32.2. The number of sulfonamides is 1. The Kier molecular flexibility index (Phi) is 5.57. The minimum absolute atomic E-state index is 0.0100. The van der Waals surface area contributed by atoms with E-state index >= 15 is 0 Å². The van der Waals surface area contributed by atoms with Crippen LogP contribution in [0.4, 0.5) is 4.39 Å². The first-order valence-electron chi connectivity index (χ1n) is 8.37. The number of piperidine rings is 1. The van der Waals surface area contributed by atoms with Gasteiger partial charge in [-0.1, -0.05) is 0 Å². The molecule has 1 aromatic carbocycles. The molecule has 2 heterocycles. The summed E-state index contributed by atoms with van der Waals surface area (Å²) < 4.78 is 39.6. The zero-order valence-corrected chi connectivity index (χ0v) is 15.1. The van der Waals surface area contributed by atoms with Crippen LogP contribution < -0.4 is 10.9 Å². The topological polar surface area (TPSA) is 111 Å². The number of nitrogens with one attached hydrogen (secondary N) is 3. The van der Waals surface area contributed by atoms with E-state index in [1.807, 2.05) is 0 Å². The van der Waals surface area contributed by atoms with Crippen LogP contribution in [0.15, 0.2) is 47.5 Å². The van der Waals surface area contributed by atoms with Crippen molar-refractivity contribution >= 4 is 21.8 Å². The van der Waals surface area contributed by atoms with E-state index in [9.17, 15) is 22.4 Å². The minimum atomic E-state index is -3.82. The molecule has 2 amide bonds. The van der Waals surface area contributed by atoms with E-state index in [0.717, 1.165) is 12.1 Å². The fourth-order valence-corrected chi connectivity index (χ4v) is 4.41. The van der Waals surface area contributed by atoms with Crippen molar-refractivity contribution in [2.24, 2.45) is 5.92 Å². The molecular formula is C17H19FN4O4S. The lowest BCUT2D eigenvalue weighted by Crippen LogP contribution is -2.50. The lowest BCUT2D eigenvalue weighted by molar-refractivity contribution is -0.126. The van der Waals surface area contributed by atoms with Crippen LogP contribution in [0, 0.1) is 11.7 Å². The van der Waals surface area contributed by atoms with Crippen LogP contribution in [-0.4, -0.2) is 42.6 Å². The highest BCUT2D eigenvalue weighted by Crippen LogP contribution is 2.24. The van der Waals surface area contributed by atoms with Crippen molar-refractivity contribution in [2.75, 3.05) is 13.1 Å². The van der Waals surface area contributed by atoms with Crippen LogP contribution in [-0.2, 0) is 14.8 Å². The number of H-pyrrole nitrogens is 1. The SMILES string of the molecule is O=C(NNC(=O)[C@H]1CCCN(S(=O)(=O)c2ccc(F)cc2)C1)c1ccc[nH]1. The molecule has 10 heteroatoms. The van der Waals surface area contributed by atoms with Crippen molar-refractivity contribution in [3.63, 3.8) is 0 Å². The number of hydrogen-bond acceptors (Lipinski definition) is 4. The van der Waals surface area contributed by atoms with E-state index in [4.69, 9.17) is 0 Å². The second kappa shape index (κ2) is 7.89. The van der Waals surface area contributed by atoms with Gasteiger partial charge in [-0.2, -0.15) is 4.31 Å². The van der Waals surface area contributed by atoms with Gasteiger partial charge in [0, 0.05) is 19.3 Å². The summed E-state index contributed by atoms with van der Waals surface area (Å²) in [5.74, 6) is -2.09.